The maximum atomic E-state index is 11.2. The molecule has 0 aromatic heterocycles. The number of carbonyl (C=O) groups excluding carboxylic acids is 1. The number of hydrogen-bond acceptors (Lipinski definition) is 2. The van der Waals surface area contributed by atoms with Gasteiger partial charge in [-0.1, -0.05) is 39.3 Å². The van der Waals surface area contributed by atoms with Crippen molar-refractivity contribution in [1.29, 1.82) is 0 Å². The molecular formula is C9H17ClO2. The molecule has 0 aliphatic rings. The van der Waals surface area contributed by atoms with Crippen LogP contribution in [0.4, 0.5) is 0 Å². The van der Waals surface area contributed by atoms with Crippen molar-refractivity contribution in [3.05, 3.63) is 0 Å². The highest BCUT2D eigenvalue weighted by Gasteiger charge is 2.23. The van der Waals surface area contributed by atoms with E-state index in [0.717, 1.165) is 0 Å². The van der Waals surface area contributed by atoms with Crippen molar-refractivity contribution < 1.29 is 9.53 Å². The normalized spacial score (nSPS) is 15.8. The summed E-state index contributed by atoms with van der Waals surface area (Å²) in [4.78, 5) is 11.2. The van der Waals surface area contributed by atoms with E-state index in [2.05, 4.69) is 13.8 Å². The van der Waals surface area contributed by atoms with E-state index in [4.69, 9.17) is 16.3 Å². The quantitative estimate of drug-likeness (QED) is 0.506. The summed E-state index contributed by atoms with van der Waals surface area (Å²) in [5, 5.41) is 0. The molecule has 0 aliphatic heterocycles. The fourth-order valence-electron chi connectivity index (χ4n) is 0.977. The van der Waals surface area contributed by atoms with E-state index in [-0.39, 0.29) is 18.0 Å². The van der Waals surface area contributed by atoms with E-state index < -0.39 is 0 Å². The Hall–Kier alpha value is -0.240. The predicted octanol–water partition coefficient (Wildman–Crippen LogP) is 2.65. The van der Waals surface area contributed by atoms with Crippen molar-refractivity contribution in [2.45, 2.75) is 27.7 Å². The fourth-order valence-corrected chi connectivity index (χ4v) is 1.08. The first-order valence-corrected chi connectivity index (χ1v) is 4.76. The van der Waals surface area contributed by atoms with E-state index in [9.17, 15) is 4.79 Å². The smallest absolute Gasteiger partial charge is 0.310 e. The van der Waals surface area contributed by atoms with E-state index in [1.807, 2.05) is 13.8 Å². The molecule has 12 heavy (non-hydrogen) atoms. The number of hydrogen-bond donors (Lipinski definition) is 0. The van der Waals surface area contributed by atoms with Crippen LogP contribution in [0.5, 0.6) is 0 Å². The molecule has 0 heterocycles. The molecule has 0 unspecified atom stereocenters. The van der Waals surface area contributed by atoms with Gasteiger partial charge in [0.15, 0.2) is 6.07 Å². The molecule has 0 N–H and O–H groups in total. The lowest BCUT2D eigenvalue weighted by Crippen LogP contribution is -2.24. The molecule has 0 saturated carbocycles. The van der Waals surface area contributed by atoms with Crippen molar-refractivity contribution in [2.24, 2.45) is 17.8 Å². The number of halogens is 1. The molecule has 0 saturated heterocycles. The van der Waals surface area contributed by atoms with Crippen LogP contribution in [-0.4, -0.2) is 12.0 Å². The molecule has 0 amide bonds. The zero-order chi connectivity index (χ0) is 9.72. The van der Waals surface area contributed by atoms with Gasteiger partial charge in [-0.3, -0.25) is 4.79 Å². The summed E-state index contributed by atoms with van der Waals surface area (Å²) in [6.07, 6.45) is 0. The predicted molar refractivity (Wildman–Crippen MR) is 50.0 cm³/mol. The van der Waals surface area contributed by atoms with Gasteiger partial charge in [0.25, 0.3) is 0 Å². The molecule has 0 aromatic carbocycles. The molecular weight excluding hydrogens is 176 g/mol. The molecule has 0 aliphatic carbocycles. The van der Waals surface area contributed by atoms with E-state index in [1.165, 1.54) is 0 Å². The zero-order valence-corrected chi connectivity index (χ0v) is 8.89. The second-order valence-corrected chi connectivity index (χ2v) is 3.68. The number of ether oxygens (including phenoxy) is 1. The Morgan fingerprint density at radius 2 is 1.83 bits per heavy atom. The van der Waals surface area contributed by atoms with Crippen LogP contribution in [0.2, 0.25) is 0 Å². The summed E-state index contributed by atoms with van der Waals surface area (Å²) in [7, 11) is 0. The third kappa shape index (κ3) is 3.44. The molecule has 0 radical (unpaired) electrons. The Morgan fingerprint density at radius 1 is 1.33 bits per heavy atom. The number of alkyl halides is 1. The first-order valence-electron chi connectivity index (χ1n) is 4.23. The van der Waals surface area contributed by atoms with Gasteiger partial charge in [-0.25, -0.2) is 0 Å². The molecule has 0 bridgehead atoms. The molecule has 2 nitrogen and oxygen atoms in total. The highest BCUT2D eigenvalue weighted by Crippen LogP contribution is 2.20. The first-order chi connectivity index (χ1) is 5.50. The Morgan fingerprint density at radius 3 is 2.17 bits per heavy atom. The van der Waals surface area contributed by atoms with Gasteiger partial charge in [-0.05, 0) is 11.8 Å². The lowest BCUT2D eigenvalue weighted by Gasteiger charge is -2.21. The van der Waals surface area contributed by atoms with Crippen LogP contribution in [0.25, 0.3) is 0 Å². The van der Waals surface area contributed by atoms with Gasteiger partial charge in [-0.15, -0.1) is 0 Å². The van der Waals surface area contributed by atoms with Crippen molar-refractivity contribution in [3.8, 4) is 0 Å². The van der Waals surface area contributed by atoms with Gasteiger partial charge in [0.2, 0.25) is 0 Å². The topological polar surface area (TPSA) is 26.3 Å². The molecule has 0 rings (SSSR count). The summed E-state index contributed by atoms with van der Waals surface area (Å²) >= 11 is 5.28. The van der Waals surface area contributed by atoms with Crippen molar-refractivity contribution in [3.63, 3.8) is 0 Å². The Labute approximate surface area is 79.2 Å². The molecule has 3 heteroatoms. The number of carbonyl (C=O) groups is 1. The van der Waals surface area contributed by atoms with Crippen LogP contribution in [0.3, 0.4) is 0 Å². The highest BCUT2D eigenvalue weighted by atomic mass is 35.5. The van der Waals surface area contributed by atoms with Gasteiger partial charge in [0, 0.05) is 0 Å². The zero-order valence-electron chi connectivity index (χ0n) is 8.13. The van der Waals surface area contributed by atoms with Gasteiger partial charge >= 0.3 is 5.97 Å². The second kappa shape index (κ2) is 5.41. The standard InChI is InChI=1S/C9H17ClO2/c1-6(2)7(3)8(4)9(11)12-5-10/h6-8H,5H2,1-4H3/t7-,8-/m0/s1. The molecule has 2 atom stereocenters. The number of esters is 1. The highest BCUT2D eigenvalue weighted by molar-refractivity contribution is 6.17. The maximum absolute atomic E-state index is 11.2. The minimum atomic E-state index is -0.203. The third-order valence-corrected chi connectivity index (χ3v) is 2.52. The van der Waals surface area contributed by atoms with Crippen LogP contribution >= 0.6 is 11.6 Å². The molecule has 0 fully saturated rings. The third-order valence-electron chi connectivity index (χ3n) is 2.41. The van der Waals surface area contributed by atoms with E-state index >= 15 is 0 Å². The van der Waals surface area contributed by atoms with Gasteiger partial charge in [-0.2, -0.15) is 0 Å². The summed E-state index contributed by atoms with van der Waals surface area (Å²) in [5.74, 6) is 0.554. The SMILES string of the molecule is CC(C)[C@H](C)[C@H](C)C(=O)OCCl. The van der Waals surface area contributed by atoms with E-state index in [1.54, 1.807) is 0 Å². The van der Waals surface area contributed by atoms with Gasteiger partial charge in [0.1, 0.15) is 0 Å². The van der Waals surface area contributed by atoms with Gasteiger partial charge in [0.05, 0.1) is 5.92 Å². The monoisotopic (exact) mass is 192 g/mol. The molecule has 72 valence electrons. The van der Waals surface area contributed by atoms with Crippen LogP contribution < -0.4 is 0 Å². The van der Waals surface area contributed by atoms with Crippen molar-refractivity contribution >= 4 is 17.6 Å². The minimum Gasteiger partial charge on any atom is -0.449 e. The van der Waals surface area contributed by atoms with Crippen LogP contribution in [0, 0.1) is 17.8 Å². The maximum Gasteiger partial charge on any atom is 0.310 e. The van der Waals surface area contributed by atoms with Crippen LogP contribution in [0.1, 0.15) is 27.7 Å². The Bertz CT molecular complexity index is 145. The Balaban J connectivity index is 4.00. The minimum absolute atomic E-state index is 0.0476. The lowest BCUT2D eigenvalue weighted by atomic mass is 9.86. The average Bonchev–Trinajstić information content (AvgIpc) is 2.02. The summed E-state index contributed by atoms with van der Waals surface area (Å²) < 4.78 is 4.70. The van der Waals surface area contributed by atoms with Crippen LogP contribution in [-0.2, 0) is 9.53 Å². The number of rotatable bonds is 4. The van der Waals surface area contributed by atoms with Crippen LogP contribution in [0.15, 0.2) is 0 Å². The second-order valence-electron chi connectivity index (χ2n) is 3.46. The van der Waals surface area contributed by atoms with Gasteiger partial charge < -0.3 is 4.74 Å². The lowest BCUT2D eigenvalue weighted by molar-refractivity contribution is -0.148. The van der Waals surface area contributed by atoms with E-state index in [0.29, 0.717) is 11.8 Å². The van der Waals surface area contributed by atoms with Crippen molar-refractivity contribution in [1.82, 2.24) is 0 Å². The summed E-state index contributed by atoms with van der Waals surface area (Å²) in [6.45, 7) is 8.11. The van der Waals surface area contributed by atoms with Crippen molar-refractivity contribution in [2.75, 3.05) is 6.07 Å². The molecule has 0 spiro atoms. The molecule has 0 aromatic rings. The largest absolute Gasteiger partial charge is 0.449 e. The Kier molecular flexibility index (Phi) is 5.31. The average molecular weight is 193 g/mol. The summed E-state index contributed by atoms with van der Waals surface area (Å²) in [6, 6.07) is -0.0476. The first kappa shape index (κ1) is 11.8. The summed E-state index contributed by atoms with van der Waals surface area (Å²) in [5.41, 5.74) is 0. The fraction of sp³-hybridized carbons (Fsp3) is 0.889.